The van der Waals surface area contributed by atoms with Crippen molar-refractivity contribution in [3.05, 3.63) is 24.3 Å². The van der Waals surface area contributed by atoms with Crippen LogP contribution in [0.5, 0.6) is 0 Å². The Balaban J connectivity index is 1.48. The summed E-state index contributed by atoms with van der Waals surface area (Å²) in [7, 11) is 0. The second-order valence-electron chi connectivity index (χ2n) is 5.55. The Bertz CT molecular complexity index is 630. The maximum atomic E-state index is 12.1. The molecule has 1 aromatic carbocycles. The van der Waals surface area contributed by atoms with Crippen molar-refractivity contribution in [2.75, 3.05) is 23.8 Å². The number of fused-ring (bicyclic) bond motifs is 1. The van der Waals surface area contributed by atoms with Gasteiger partial charge in [0.2, 0.25) is 5.91 Å². The minimum Gasteiger partial charge on any atom is -0.456 e. The first-order chi connectivity index (χ1) is 11.1. The highest BCUT2D eigenvalue weighted by atomic mass is 32.2. The van der Waals surface area contributed by atoms with Gasteiger partial charge in [0.05, 0.1) is 17.9 Å². The molecule has 2 aliphatic rings. The molecule has 6 nitrogen and oxygen atoms in total. The van der Waals surface area contributed by atoms with E-state index in [2.05, 4.69) is 5.32 Å². The van der Waals surface area contributed by atoms with Gasteiger partial charge in [-0.2, -0.15) is 0 Å². The van der Waals surface area contributed by atoms with Crippen LogP contribution < -0.4 is 10.2 Å². The number of ether oxygens (including phenoxy) is 1. The van der Waals surface area contributed by atoms with Crippen LogP contribution in [0.1, 0.15) is 19.3 Å². The van der Waals surface area contributed by atoms with Crippen molar-refractivity contribution in [3.8, 4) is 0 Å². The fourth-order valence-corrected chi connectivity index (χ4v) is 3.25. The van der Waals surface area contributed by atoms with Crippen molar-refractivity contribution in [1.82, 2.24) is 5.32 Å². The molecule has 1 aromatic rings. The van der Waals surface area contributed by atoms with Gasteiger partial charge in [0.25, 0.3) is 5.91 Å². The van der Waals surface area contributed by atoms with Crippen LogP contribution in [0.2, 0.25) is 0 Å². The number of nitrogens with zero attached hydrogens (tertiary/aromatic N) is 1. The first-order valence-electron chi connectivity index (χ1n) is 7.60. The Hall–Kier alpha value is -2.02. The molecule has 0 aromatic heterocycles. The van der Waals surface area contributed by atoms with Gasteiger partial charge >= 0.3 is 5.97 Å². The molecule has 0 radical (unpaired) electrons. The fourth-order valence-electron chi connectivity index (χ4n) is 2.32. The van der Waals surface area contributed by atoms with E-state index in [9.17, 15) is 14.4 Å². The number of hydrogen-bond donors (Lipinski definition) is 1. The molecule has 122 valence electrons. The molecular formula is C16H18N2O4S. The molecule has 1 aliphatic heterocycles. The quantitative estimate of drug-likeness (QED) is 0.795. The van der Waals surface area contributed by atoms with Gasteiger partial charge in [0.1, 0.15) is 0 Å². The standard InChI is InChI=1S/C16H18N2O4S/c19-14(17-11-5-6-11)9-22-16(21)7-8-18-12-3-1-2-4-13(12)23-10-15(18)20/h1-4,11H,5-10H2,(H,17,19). The molecular weight excluding hydrogens is 316 g/mol. The lowest BCUT2D eigenvalue weighted by Gasteiger charge is -2.28. The molecule has 0 unspecified atom stereocenters. The van der Waals surface area contributed by atoms with Gasteiger partial charge < -0.3 is 15.0 Å². The summed E-state index contributed by atoms with van der Waals surface area (Å²) >= 11 is 1.50. The summed E-state index contributed by atoms with van der Waals surface area (Å²) in [5, 5.41) is 2.75. The number of rotatable bonds is 6. The Kier molecular flexibility index (Phi) is 4.85. The van der Waals surface area contributed by atoms with E-state index in [0.717, 1.165) is 23.4 Å². The van der Waals surface area contributed by atoms with E-state index < -0.39 is 5.97 Å². The average molecular weight is 334 g/mol. The molecule has 1 N–H and O–H groups in total. The summed E-state index contributed by atoms with van der Waals surface area (Å²) < 4.78 is 4.95. The molecule has 1 heterocycles. The predicted octanol–water partition coefficient (Wildman–Crippen LogP) is 1.34. The van der Waals surface area contributed by atoms with Crippen LogP contribution in [0, 0.1) is 0 Å². The average Bonchev–Trinajstić information content (AvgIpc) is 3.36. The molecule has 0 saturated heterocycles. The number of amides is 2. The number of carbonyl (C=O) groups excluding carboxylic acids is 3. The molecule has 1 saturated carbocycles. The summed E-state index contributed by atoms with van der Waals surface area (Å²) in [5.41, 5.74) is 0.827. The topological polar surface area (TPSA) is 75.7 Å². The van der Waals surface area contributed by atoms with Gasteiger partial charge in [-0.15, -0.1) is 11.8 Å². The van der Waals surface area contributed by atoms with Gasteiger partial charge in [0, 0.05) is 17.5 Å². The van der Waals surface area contributed by atoms with Gasteiger partial charge in [-0.3, -0.25) is 14.4 Å². The highest BCUT2D eigenvalue weighted by molar-refractivity contribution is 8.00. The third-order valence-corrected chi connectivity index (χ3v) is 4.70. The maximum Gasteiger partial charge on any atom is 0.308 e. The lowest BCUT2D eigenvalue weighted by atomic mass is 10.2. The predicted molar refractivity (Wildman–Crippen MR) is 86.3 cm³/mol. The molecule has 23 heavy (non-hydrogen) atoms. The molecule has 0 atom stereocenters. The number of carbonyl (C=O) groups is 3. The third-order valence-electron chi connectivity index (χ3n) is 3.65. The Morgan fingerprint density at radius 3 is 2.87 bits per heavy atom. The second kappa shape index (κ2) is 7.04. The normalized spacial score (nSPS) is 16.7. The number of hydrogen-bond acceptors (Lipinski definition) is 5. The van der Waals surface area contributed by atoms with E-state index in [1.807, 2.05) is 24.3 Å². The van der Waals surface area contributed by atoms with E-state index >= 15 is 0 Å². The van der Waals surface area contributed by atoms with Crippen LogP contribution in [-0.2, 0) is 19.1 Å². The van der Waals surface area contributed by atoms with Crippen LogP contribution in [0.4, 0.5) is 5.69 Å². The summed E-state index contributed by atoms with van der Waals surface area (Å²) in [5.74, 6) is -0.389. The largest absolute Gasteiger partial charge is 0.456 e. The van der Waals surface area contributed by atoms with Crippen molar-refractivity contribution in [2.24, 2.45) is 0 Å². The minimum absolute atomic E-state index is 0.0204. The van der Waals surface area contributed by atoms with Gasteiger partial charge in [0.15, 0.2) is 6.61 Å². The van der Waals surface area contributed by atoms with Gasteiger partial charge in [-0.25, -0.2) is 0 Å². The van der Waals surface area contributed by atoms with Gasteiger partial charge in [-0.05, 0) is 25.0 Å². The highest BCUT2D eigenvalue weighted by Crippen LogP contribution is 2.34. The van der Waals surface area contributed by atoms with Crippen LogP contribution in [0.25, 0.3) is 0 Å². The van der Waals surface area contributed by atoms with Crippen molar-refractivity contribution in [2.45, 2.75) is 30.2 Å². The number of benzene rings is 1. The monoisotopic (exact) mass is 334 g/mol. The maximum absolute atomic E-state index is 12.1. The van der Waals surface area contributed by atoms with E-state index in [-0.39, 0.29) is 37.4 Å². The van der Waals surface area contributed by atoms with Crippen LogP contribution >= 0.6 is 11.8 Å². The number of thioether (sulfide) groups is 1. The minimum atomic E-state index is -0.473. The van der Waals surface area contributed by atoms with E-state index in [1.54, 1.807) is 4.90 Å². The summed E-state index contributed by atoms with van der Waals surface area (Å²) in [6.07, 6.45) is 2.06. The number of para-hydroxylation sites is 1. The zero-order valence-corrected chi connectivity index (χ0v) is 13.4. The number of nitrogens with one attached hydrogen (secondary N) is 1. The third kappa shape index (κ3) is 4.25. The summed E-state index contributed by atoms with van der Waals surface area (Å²) in [6, 6.07) is 7.87. The fraction of sp³-hybridized carbons (Fsp3) is 0.438. The van der Waals surface area contributed by atoms with Crippen molar-refractivity contribution >= 4 is 35.2 Å². The zero-order chi connectivity index (χ0) is 16.2. The van der Waals surface area contributed by atoms with Crippen LogP contribution in [0.3, 0.4) is 0 Å². The van der Waals surface area contributed by atoms with Crippen molar-refractivity contribution in [3.63, 3.8) is 0 Å². The zero-order valence-electron chi connectivity index (χ0n) is 12.6. The number of anilines is 1. The van der Waals surface area contributed by atoms with Gasteiger partial charge in [-0.1, -0.05) is 12.1 Å². The van der Waals surface area contributed by atoms with E-state index in [4.69, 9.17) is 4.74 Å². The summed E-state index contributed by atoms with van der Waals surface area (Å²) in [4.78, 5) is 37.9. The first kappa shape index (κ1) is 15.9. The second-order valence-corrected chi connectivity index (χ2v) is 6.57. The Morgan fingerprint density at radius 2 is 2.09 bits per heavy atom. The lowest BCUT2D eigenvalue weighted by Crippen LogP contribution is -2.37. The first-order valence-corrected chi connectivity index (χ1v) is 8.59. The molecule has 0 spiro atoms. The highest BCUT2D eigenvalue weighted by Gasteiger charge is 2.26. The molecule has 1 fully saturated rings. The smallest absolute Gasteiger partial charge is 0.308 e. The van der Waals surface area contributed by atoms with Crippen molar-refractivity contribution in [1.29, 1.82) is 0 Å². The SMILES string of the molecule is O=C(COC(=O)CCN1C(=O)CSc2ccccc21)NC1CC1. The summed E-state index contributed by atoms with van der Waals surface area (Å²) in [6.45, 7) is 0.00913. The van der Waals surface area contributed by atoms with Crippen LogP contribution in [-0.4, -0.2) is 42.7 Å². The molecule has 7 heteroatoms. The molecule has 3 rings (SSSR count). The molecule has 2 amide bonds. The Labute approximate surface area is 138 Å². The lowest BCUT2D eigenvalue weighted by molar-refractivity contribution is -0.148. The van der Waals surface area contributed by atoms with E-state index in [0.29, 0.717) is 5.75 Å². The van der Waals surface area contributed by atoms with Crippen molar-refractivity contribution < 1.29 is 19.1 Å². The van der Waals surface area contributed by atoms with E-state index in [1.165, 1.54) is 11.8 Å². The van der Waals surface area contributed by atoms with Crippen LogP contribution in [0.15, 0.2) is 29.2 Å². The number of esters is 1. The Morgan fingerprint density at radius 1 is 1.30 bits per heavy atom. The molecule has 1 aliphatic carbocycles. The molecule has 0 bridgehead atoms.